The van der Waals surface area contributed by atoms with Gasteiger partial charge < -0.3 is 0 Å². The van der Waals surface area contributed by atoms with Gasteiger partial charge in [-0.25, -0.2) is 0 Å². The van der Waals surface area contributed by atoms with E-state index in [1.807, 2.05) is 6.08 Å². The molecule has 0 bridgehead atoms. The van der Waals surface area contributed by atoms with Crippen LogP contribution in [0.25, 0.3) is 0 Å². The van der Waals surface area contributed by atoms with E-state index in [4.69, 9.17) is 0 Å². The molecule has 0 saturated carbocycles. The van der Waals surface area contributed by atoms with Crippen LogP contribution in [0.15, 0.2) is 102 Å². The van der Waals surface area contributed by atoms with Crippen LogP contribution in [-0.2, 0) is 13.1 Å². The maximum Gasteiger partial charge on any atom is 0.0389 e. The Labute approximate surface area is 165 Å². The lowest BCUT2D eigenvalue weighted by atomic mass is 10.00. The summed E-state index contributed by atoms with van der Waals surface area (Å²) in [7, 11) is 0. The topological polar surface area (TPSA) is 3.24 Å². The maximum absolute atomic E-state index is 4.00. The average Bonchev–Trinajstić information content (AvgIpc) is 2.68. The molecule has 0 saturated heterocycles. The van der Waals surface area contributed by atoms with Gasteiger partial charge in [0.05, 0.1) is 0 Å². The van der Waals surface area contributed by atoms with Gasteiger partial charge in [-0.1, -0.05) is 94.8 Å². The molecule has 1 nitrogen and oxygen atoms in total. The molecule has 0 aliphatic carbocycles. The second-order valence-electron chi connectivity index (χ2n) is 6.47. The average molecular weight is 406 g/mol. The largest absolute Gasteiger partial charge is 0.288 e. The van der Waals surface area contributed by atoms with E-state index >= 15 is 0 Å². The molecule has 0 aliphatic heterocycles. The Kier molecular flexibility index (Phi) is 6.82. The Bertz CT molecular complexity index is 755. The van der Waals surface area contributed by atoms with Crippen molar-refractivity contribution < 1.29 is 0 Å². The van der Waals surface area contributed by atoms with E-state index in [0.29, 0.717) is 6.04 Å². The number of benzene rings is 3. The molecule has 26 heavy (non-hydrogen) atoms. The van der Waals surface area contributed by atoms with E-state index in [1.54, 1.807) is 0 Å². The second-order valence-corrected chi connectivity index (χ2v) is 7.38. The SMILES string of the molecule is C=CCC(c1ccc(Br)cc1)N(Cc1ccccc1)Cc1ccccc1. The minimum atomic E-state index is 0.293. The first-order valence-electron chi connectivity index (χ1n) is 8.94. The van der Waals surface area contributed by atoms with Gasteiger partial charge in [-0.05, 0) is 35.2 Å². The molecule has 0 spiro atoms. The molecule has 0 amide bonds. The molecule has 0 aliphatic rings. The highest BCUT2D eigenvalue weighted by molar-refractivity contribution is 9.10. The summed E-state index contributed by atoms with van der Waals surface area (Å²) in [4.78, 5) is 2.54. The predicted molar refractivity (Wildman–Crippen MR) is 114 cm³/mol. The van der Waals surface area contributed by atoms with Crippen LogP contribution >= 0.6 is 15.9 Å². The van der Waals surface area contributed by atoms with Crippen molar-refractivity contribution in [2.45, 2.75) is 25.6 Å². The number of hydrogen-bond donors (Lipinski definition) is 0. The molecule has 1 unspecified atom stereocenters. The Hall–Kier alpha value is -2.16. The first-order chi connectivity index (χ1) is 12.8. The van der Waals surface area contributed by atoms with Crippen molar-refractivity contribution >= 4 is 15.9 Å². The molecule has 0 heterocycles. The zero-order chi connectivity index (χ0) is 18.2. The molecular formula is C24H24BrN. The van der Waals surface area contributed by atoms with Gasteiger partial charge in [0.15, 0.2) is 0 Å². The molecule has 0 N–H and O–H groups in total. The van der Waals surface area contributed by atoms with Crippen molar-refractivity contribution in [2.24, 2.45) is 0 Å². The zero-order valence-electron chi connectivity index (χ0n) is 14.9. The number of halogens is 1. The van der Waals surface area contributed by atoms with Crippen molar-refractivity contribution in [2.75, 3.05) is 0 Å². The van der Waals surface area contributed by atoms with Crippen molar-refractivity contribution in [1.29, 1.82) is 0 Å². The van der Waals surface area contributed by atoms with Gasteiger partial charge in [-0.15, -0.1) is 6.58 Å². The van der Waals surface area contributed by atoms with Gasteiger partial charge in [0.25, 0.3) is 0 Å². The highest BCUT2D eigenvalue weighted by Gasteiger charge is 2.20. The van der Waals surface area contributed by atoms with Crippen LogP contribution < -0.4 is 0 Å². The second kappa shape index (κ2) is 9.51. The van der Waals surface area contributed by atoms with Gasteiger partial charge >= 0.3 is 0 Å². The molecule has 1 atom stereocenters. The van der Waals surface area contributed by atoms with Gasteiger partial charge in [0, 0.05) is 23.6 Å². The number of hydrogen-bond acceptors (Lipinski definition) is 1. The normalized spacial score (nSPS) is 12.1. The summed E-state index contributed by atoms with van der Waals surface area (Å²) in [6, 6.07) is 30.3. The summed E-state index contributed by atoms with van der Waals surface area (Å²) in [6.45, 7) is 5.82. The van der Waals surface area contributed by atoms with E-state index < -0.39 is 0 Å². The highest BCUT2D eigenvalue weighted by Crippen LogP contribution is 2.29. The summed E-state index contributed by atoms with van der Waals surface area (Å²) in [5, 5.41) is 0. The molecule has 3 rings (SSSR count). The summed E-state index contributed by atoms with van der Waals surface area (Å²) in [5.74, 6) is 0. The lowest BCUT2D eigenvalue weighted by molar-refractivity contribution is 0.179. The van der Waals surface area contributed by atoms with Crippen LogP contribution in [0.5, 0.6) is 0 Å². The van der Waals surface area contributed by atoms with Crippen LogP contribution in [0.1, 0.15) is 29.2 Å². The van der Waals surface area contributed by atoms with Gasteiger partial charge in [0.1, 0.15) is 0 Å². The Balaban J connectivity index is 1.92. The van der Waals surface area contributed by atoms with Crippen molar-refractivity contribution in [1.82, 2.24) is 4.90 Å². The third-order valence-electron chi connectivity index (χ3n) is 4.54. The molecule has 132 valence electrons. The minimum Gasteiger partial charge on any atom is -0.288 e. The zero-order valence-corrected chi connectivity index (χ0v) is 16.5. The maximum atomic E-state index is 4.00. The monoisotopic (exact) mass is 405 g/mol. The first kappa shape index (κ1) is 18.6. The van der Waals surface area contributed by atoms with Gasteiger partial charge in [-0.3, -0.25) is 4.90 Å². The van der Waals surface area contributed by atoms with E-state index in [-0.39, 0.29) is 0 Å². The fourth-order valence-corrected chi connectivity index (χ4v) is 3.52. The summed E-state index contributed by atoms with van der Waals surface area (Å²) < 4.78 is 1.11. The summed E-state index contributed by atoms with van der Waals surface area (Å²) in [6.07, 6.45) is 2.94. The fourth-order valence-electron chi connectivity index (χ4n) is 3.25. The van der Waals surface area contributed by atoms with E-state index in [9.17, 15) is 0 Å². The summed E-state index contributed by atoms with van der Waals surface area (Å²) in [5.41, 5.74) is 3.98. The molecule has 3 aromatic rings. The quantitative estimate of drug-likeness (QED) is 0.373. The smallest absolute Gasteiger partial charge is 0.0389 e. The third kappa shape index (κ3) is 5.17. The van der Waals surface area contributed by atoms with Crippen LogP contribution in [0.3, 0.4) is 0 Å². The minimum absolute atomic E-state index is 0.293. The van der Waals surface area contributed by atoms with Crippen LogP contribution in [0, 0.1) is 0 Å². The van der Waals surface area contributed by atoms with E-state index in [1.165, 1.54) is 16.7 Å². The molecule has 3 aromatic carbocycles. The van der Waals surface area contributed by atoms with E-state index in [0.717, 1.165) is 24.0 Å². The van der Waals surface area contributed by atoms with Gasteiger partial charge in [-0.2, -0.15) is 0 Å². The van der Waals surface area contributed by atoms with Crippen molar-refractivity contribution in [3.8, 4) is 0 Å². The Morgan fingerprint density at radius 1 is 0.769 bits per heavy atom. The lowest BCUT2D eigenvalue weighted by Gasteiger charge is -2.32. The molecule has 0 aromatic heterocycles. The lowest BCUT2D eigenvalue weighted by Crippen LogP contribution is -2.28. The molecule has 2 heteroatoms. The summed E-state index contributed by atoms with van der Waals surface area (Å²) >= 11 is 3.54. The standard InChI is InChI=1S/C24H24BrN/c1-2-9-24(22-14-16-23(25)17-15-22)26(18-20-10-5-3-6-11-20)19-21-12-7-4-8-13-21/h2-8,10-17,24H,1,9,18-19H2. The van der Waals surface area contributed by atoms with Crippen molar-refractivity contribution in [3.05, 3.63) is 119 Å². The first-order valence-corrected chi connectivity index (χ1v) is 9.74. The highest BCUT2D eigenvalue weighted by atomic mass is 79.9. The van der Waals surface area contributed by atoms with Crippen LogP contribution in [-0.4, -0.2) is 4.90 Å². The molecule has 0 fully saturated rings. The van der Waals surface area contributed by atoms with Crippen molar-refractivity contribution in [3.63, 3.8) is 0 Å². The van der Waals surface area contributed by atoms with Crippen LogP contribution in [0.4, 0.5) is 0 Å². The predicted octanol–water partition coefficient (Wildman–Crippen LogP) is 6.77. The fraction of sp³-hybridized carbons (Fsp3) is 0.167. The molecule has 0 radical (unpaired) electrons. The third-order valence-corrected chi connectivity index (χ3v) is 5.07. The van der Waals surface area contributed by atoms with E-state index in [2.05, 4.69) is 112 Å². The number of rotatable bonds is 8. The molecular weight excluding hydrogens is 382 g/mol. The van der Waals surface area contributed by atoms with Gasteiger partial charge in [0.2, 0.25) is 0 Å². The van der Waals surface area contributed by atoms with Crippen LogP contribution in [0.2, 0.25) is 0 Å². The Morgan fingerprint density at radius 3 is 1.73 bits per heavy atom. The Morgan fingerprint density at radius 2 is 1.27 bits per heavy atom. The number of nitrogens with zero attached hydrogens (tertiary/aromatic N) is 1.